The molecule has 3 aromatic rings. The second kappa shape index (κ2) is 11.5. The highest BCUT2D eigenvalue weighted by Crippen LogP contribution is 2.39. The summed E-state index contributed by atoms with van der Waals surface area (Å²) in [6.45, 7) is 4.65. The van der Waals surface area contributed by atoms with Crippen LogP contribution in [0.15, 0.2) is 60.7 Å². The Bertz CT molecular complexity index is 1160. The summed E-state index contributed by atoms with van der Waals surface area (Å²) < 4.78 is 55.3. The van der Waals surface area contributed by atoms with E-state index in [4.69, 9.17) is 9.47 Å². The van der Waals surface area contributed by atoms with Gasteiger partial charge in [-0.25, -0.2) is 13.2 Å². The van der Waals surface area contributed by atoms with Crippen molar-refractivity contribution >= 4 is 6.08 Å². The molecule has 1 saturated carbocycles. The Morgan fingerprint density at radius 2 is 1.60 bits per heavy atom. The summed E-state index contributed by atoms with van der Waals surface area (Å²) in [5.41, 5.74) is 2.38. The van der Waals surface area contributed by atoms with Gasteiger partial charge in [0.2, 0.25) is 0 Å². The fourth-order valence-electron chi connectivity index (χ4n) is 4.77. The molecule has 0 heterocycles. The number of hydrogen-bond donors (Lipinski definition) is 0. The smallest absolute Gasteiger partial charge is 0.168 e. The van der Waals surface area contributed by atoms with Crippen molar-refractivity contribution in [1.29, 1.82) is 0 Å². The van der Waals surface area contributed by atoms with E-state index in [0.717, 1.165) is 31.2 Å². The Morgan fingerprint density at radius 3 is 2.26 bits per heavy atom. The van der Waals surface area contributed by atoms with Gasteiger partial charge in [-0.15, -0.1) is 0 Å². The molecule has 4 rings (SSSR count). The van der Waals surface area contributed by atoms with Gasteiger partial charge in [-0.2, -0.15) is 0 Å². The molecule has 0 spiro atoms. The van der Waals surface area contributed by atoms with Crippen LogP contribution in [-0.2, 0) is 0 Å². The molecule has 1 aliphatic carbocycles. The molecule has 1 aliphatic rings. The predicted octanol–water partition coefficient (Wildman–Crippen LogP) is 8.56. The molecule has 0 N–H and O–H groups in total. The van der Waals surface area contributed by atoms with Crippen LogP contribution in [0.25, 0.3) is 17.2 Å². The molecule has 2 nitrogen and oxygen atoms in total. The number of benzene rings is 3. The van der Waals surface area contributed by atoms with E-state index < -0.39 is 17.5 Å². The molecule has 0 amide bonds. The normalized spacial score (nSPS) is 18.1. The molecular formula is C30H31F3O2. The van der Waals surface area contributed by atoms with E-state index in [-0.39, 0.29) is 23.1 Å². The van der Waals surface area contributed by atoms with Gasteiger partial charge < -0.3 is 9.47 Å². The zero-order chi connectivity index (χ0) is 24.8. The van der Waals surface area contributed by atoms with Gasteiger partial charge in [0.15, 0.2) is 23.2 Å². The topological polar surface area (TPSA) is 18.5 Å². The van der Waals surface area contributed by atoms with E-state index in [0.29, 0.717) is 30.1 Å². The lowest BCUT2D eigenvalue weighted by Gasteiger charge is -2.29. The van der Waals surface area contributed by atoms with E-state index >= 15 is 4.39 Å². The third-order valence-electron chi connectivity index (χ3n) is 6.67. The Hall–Kier alpha value is -3.21. The van der Waals surface area contributed by atoms with Crippen LogP contribution in [0.2, 0.25) is 0 Å². The maximum Gasteiger partial charge on any atom is 0.168 e. The van der Waals surface area contributed by atoms with Crippen molar-refractivity contribution < 1.29 is 22.6 Å². The molecule has 3 aromatic carbocycles. The third-order valence-corrected chi connectivity index (χ3v) is 6.67. The minimum absolute atomic E-state index is 0.0333. The van der Waals surface area contributed by atoms with Crippen molar-refractivity contribution in [3.8, 4) is 22.6 Å². The molecule has 184 valence electrons. The summed E-state index contributed by atoms with van der Waals surface area (Å²) in [5, 5.41) is 0. The first-order valence-electron chi connectivity index (χ1n) is 12.3. The van der Waals surface area contributed by atoms with Crippen molar-refractivity contribution in [2.75, 3.05) is 13.2 Å². The van der Waals surface area contributed by atoms with Crippen molar-refractivity contribution in [2.45, 2.75) is 45.4 Å². The van der Waals surface area contributed by atoms with Crippen LogP contribution in [0.5, 0.6) is 11.5 Å². The van der Waals surface area contributed by atoms with E-state index in [2.05, 4.69) is 0 Å². The van der Waals surface area contributed by atoms with Crippen LogP contribution >= 0.6 is 0 Å². The molecule has 0 atom stereocenters. The predicted molar refractivity (Wildman–Crippen MR) is 134 cm³/mol. The molecule has 0 aliphatic heterocycles. The van der Waals surface area contributed by atoms with Crippen LogP contribution in [0.1, 0.15) is 56.6 Å². The van der Waals surface area contributed by atoms with E-state index in [1.165, 1.54) is 6.07 Å². The van der Waals surface area contributed by atoms with Crippen LogP contribution in [0.3, 0.4) is 0 Å². The summed E-state index contributed by atoms with van der Waals surface area (Å²) in [4.78, 5) is 0. The molecule has 0 aromatic heterocycles. The Morgan fingerprint density at radius 1 is 0.857 bits per heavy atom. The highest BCUT2D eigenvalue weighted by molar-refractivity contribution is 5.67. The second-order valence-electron chi connectivity index (χ2n) is 9.01. The summed E-state index contributed by atoms with van der Waals surface area (Å²) in [6, 6.07) is 15.4. The summed E-state index contributed by atoms with van der Waals surface area (Å²) in [7, 11) is 0. The Balaban J connectivity index is 1.36. The average molecular weight is 481 g/mol. The fraction of sp³-hybridized carbons (Fsp3) is 0.333. The first-order chi connectivity index (χ1) is 17.0. The number of allylic oxidation sites excluding steroid dienone is 1. The first-order valence-corrected chi connectivity index (χ1v) is 12.3. The van der Waals surface area contributed by atoms with Gasteiger partial charge in [-0.3, -0.25) is 0 Å². The van der Waals surface area contributed by atoms with E-state index in [1.807, 2.05) is 50.3 Å². The number of hydrogen-bond acceptors (Lipinski definition) is 2. The van der Waals surface area contributed by atoms with Crippen molar-refractivity contribution in [3.05, 3.63) is 89.3 Å². The average Bonchev–Trinajstić information content (AvgIpc) is 2.87. The van der Waals surface area contributed by atoms with E-state index in [9.17, 15) is 8.78 Å². The summed E-state index contributed by atoms with van der Waals surface area (Å²) >= 11 is 0. The lowest BCUT2D eigenvalue weighted by atomic mass is 9.78. The molecule has 35 heavy (non-hydrogen) atoms. The minimum atomic E-state index is -0.794. The van der Waals surface area contributed by atoms with Crippen molar-refractivity contribution in [1.82, 2.24) is 0 Å². The first kappa shape index (κ1) is 24.9. The number of ether oxygens (including phenoxy) is 2. The zero-order valence-corrected chi connectivity index (χ0v) is 20.2. The second-order valence-corrected chi connectivity index (χ2v) is 9.01. The van der Waals surface area contributed by atoms with Crippen LogP contribution in [-0.4, -0.2) is 13.2 Å². The molecule has 0 bridgehead atoms. The Kier molecular flexibility index (Phi) is 8.17. The van der Waals surface area contributed by atoms with Crippen molar-refractivity contribution in [2.24, 2.45) is 5.92 Å². The van der Waals surface area contributed by atoms with Gasteiger partial charge >= 0.3 is 0 Å². The lowest BCUT2D eigenvalue weighted by molar-refractivity contribution is 0.193. The highest BCUT2D eigenvalue weighted by Gasteiger charge is 2.27. The largest absolute Gasteiger partial charge is 0.494 e. The maximum absolute atomic E-state index is 15.1. The van der Waals surface area contributed by atoms with Gasteiger partial charge in [0.05, 0.1) is 13.2 Å². The molecule has 0 saturated heterocycles. The highest BCUT2D eigenvalue weighted by atomic mass is 19.2. The molecule has 0 unspecified atom stereocenters. The monoisotopic (exact) mass is 480 g/mol. The Labute approximate surface area is 205 Å². The van der Waals surface area contributed by atoms with Gasteiger partial charge in [-0.05, 0) is 80.2 Å². The zero-order valence-electron chi connectivity index (χ0n) is 20.2. The van der Waals surface area contributed by atoms with E-state index in [1.54, 1.807) is 24.3 Å². The molecule has 5 heteroatoms. The third kappa shape index (κ3) is 5.90. The molecule has 0 radical (unpaired) electrons. The van der Waals surface area contributed by atoms with Crippen molar-refractivity contribution in [3.63, 3.8) is 0 Å². The van der Waals surface area contributed by atoms with Gasteiger partial charge in [0.25, 0.3) is 0 Å². The fourth-order valence-corrected chi connectivity index (χ4v) is 4.77. The molecule has 1 fully saturated rings. The maximum atomic E-state index is 15.1. The van der Waals surface area contributed by atoms with Gasteiger partial charge in [-0.1, -0.05) is 48.6 Å². The SMILES string of the molecule is C/C=C/c1ccc(-c2ccc(C3CCC(COc4ccc(OCC)cc4F)CC3)c(F)c2F)cc1. The van der Waals surface area contributed by atoms with Crippen LogP contribution in [0.4, 0.5) is 13.2 Å². The number of halogens is 3. The summed E-state index contributed by atoms with van der Waals surface area (Å²) in [6.07, 6.45) is 7.02. The van der Waals surface area contributed by atoms with Gasteiger partial charge in [0.1, 0.15) is 5.75 Å². The van der Waals surface area contributed by atoms with Crippen LogP contribution in [0, 0.1) is 23.4 Å². The molecular weight excluding hydrogens is 449 g/mol. The summed E-state index contributed by atoms with van der Waals surface area (Å²) in [5.74, 6) is -1.09. The quantitative estimate of drug-likeness (QED) is 0.322. The lowest BCUT2D eigenvalue weighted by Crippen LogP contribution is -2.20. The number of rotatable bonds is 8. The van der Waals surface area contributed by atoms with Crippen LogP contribution < -0.4 is 9.47 Å². The van der Waals surface area contributed by atoms with Gasteiger partial charge in [0, 0.05) is 11.6 Å². The minimum Gasteiger partial charge on any atom is -0.494 e. The standard InChI is InChI=1S/C30H31F3O2/c1-3-5-20-6-10-22(11-7-20)25-15-16-26(30(33)29(25)32)23-12-8-21(9-13-23)19-35-28-17-14-24(34-4-2)18-27(28)31/h3,5-7,10-11,14-18,21,23H,4,8-9,12-13,19H2,1-2H3/b5-3+.